The van der Waals surface area contributed by atoms with Crippen LogP contribution in [0.2, 0.25) is 0 Å². The van der Waals surface area contributed by atoms with E-state index >= 15 is 0 Å². The van der Waals surface area contributed by atoms with Crippen LogP contribution in [-0.4, -0.2) is 18.0 Å². The van der Waals surface area contributed by atoms with Crippen molar-refractivity contribution in [2.75, 3.05) is 17.7 Å². The first-order chi connectivity index (χ1) is 13.3. The van der Waals surface area contributed by atoms with E-state index < -0.39 is 17.6 Å². The molecule has 0 atom stereocenters. The van der Waals surface area contributed by atoms with Crippen molar-refractivity contribution in [1.29, 1.82) is 0 Å². The second-order valence-electron chi connectivity index (χ2n) is 5.82. The fourth-order valence-electron chi connectivity index (χ4n) is 2.40. The molecule has 28 heavy (non-hydrogen) atoms. The lowest BCUT2D eigenvalue weighted by Gasteiger charge is -2.10. The molecular formula is C20H16F3N3O2. The molecule has 0 saturated heterocycles. The number of nitrogens with one attached hydrogen (secondary N) is 2. The van der Waals surface area contributed by atoms with Gasteiger partial charge in [0.25, 0.3) is 5.91 Å². The second-order valence-corrected chi connectivity index (χ2v) is 5.82. The Morgan fingerprint density at radius 2 is 1.75 bits per heavy atom. The molecule has 1 aromatic heterocycles. The summed E-state index contributed by atoms with van der Waals surface area (Å²) in [7, 11) is 1.57. The summed E-state index contributed by atoms with van der Waals surface area (Å²) in [5.74, 6) is 0.732. The molecule has 3 rings (SSSR count). The normalized spacial score (nSPS) is 11.0. The highest BCUT2D eigenvalue weighted by Gasteiger charge is 2.30. The third-order valence-electron chi connectivity index (χ3n) is 3.84. The van der Waals surface area contributed by atoms with Crippen LogP contribution < -0.4 is 15.4 Å². The van der Waals surface area contributed by atoms with Crippen LogP contribution in [0.25, 0.3) is 0 Å². The van der Waals surface area contributed by atoms with E-state index in [0.29, 0.717) is 17.3 Å². The average Bonchev–Trinajstić information content (AvgIpc) is 2.69. The molecule has 3 aromatic rings. The fraction of sp³-hybridized carbons (Fsp3) is 0.100. The molecule has 0 radical (unpaired) electrons. The van der Waals surface area contributed by atoms with Crippen LogP contribution in [0.5, 0.6) is 5.75 Å². The molecule has 2 N–H and O–H groups in total. The second kappa shape index (κ2) is 7.99. The highest BCUT2D eigenvalue weighted by molar-refractivity contribution is 6.04. The molecule has 144 valence electrons. The van der Waals surface area contributed by atoms with Gasteiger partial charge < -0.3 is 15.4 Å². The Morgan fingerprint density at radius 1 is 1.00 bits per heavy atom. The highest BCUT2D eigenvalue weighted by atomic mass is 19.4. The Labute approximate surface area is 159 Å². The van der Waals surface area contributed by atoms with E-state index in [0.717, 1.165) is 30.0 Å². The molecule has 2 aromatic carbocycles. The summed E-state index contributed by atoms with van der Waals surface area (Å²) in [6.45, 7) is 0. The standard InChI is InChI=1S/C20H16F3N3O2/c1-28-17-4-2-3-15(11-17)25-18-10-9-16(12-24-18)26-19(27)13-5-7-14(8-6-13)20(21,22)23/h2-12H,1H3,(H,24,25)(H,26,27). The molecule has 5 nitrogen and oxygen atoms in total. The minimum absolute atomic E-state index is 0.117. The zero-order chi connectivity index (χ0) is 20.1. The van der Waals surface area contributed by atoms with E-state index in [-0.39, 0.29) is 5.56 Å². The van der Waals surface area contributed by atoms with Gasteiger partial charge in [-0.2, -0.15) is 13.2 Å². The fourth-order valence-corrected chi connectivity index (χ4v) is 2.40. The van der Waals surface area contributed by atoms with Crippen molar-refractivity contribution < 1.29 is 22.7 Å². The smallest absolute Gasteiger partial charge is 0.416 e. The predicted octanol–water partition coefficient (Wildman–Crippen LogP) is 5.10. The number of benzene rings is 2. The van der Waals surface area contributed by atoms with Crippen LogP contribution in [0.1, 0.15) is 15.9 Å². The number of hydrogen-bond acceptors (Lipinski definition) is 4. The number of ether oxygens (including phenoxy) is 1. The number of amides is 1. The SMILES string of the molecule is COc1cccc(Nc2ccc(NC(=O)c3ccc(C(F)(F)F)cc3)cn2)c1. The number of aromatic nitrogens is 1. The molecule has 8 heteroatoms. The number of rotatable bonds is 5. The molecule has 0 unspecified atom stereocenters. The summed E-state index contributed by atoms with van der Waals surface area (Å²) >= 11 is 0. The van der Waals surface area contributed by atoms with Crippen molar-refractivity contribution in [3.8, 4) is 5.75 Å². The summed E-state index contributed by atoms with van der Waals surface area (Å²) in [6, 6.07) is 14.6. The Hall–Kier alpha value is -3.55. The average molecular weight is 387 g/mol. The van der Waals surface area contributed by atoms with Crippen LogP contribution in [0, 0.1) is 0 Å². The number of hydrogen-bond donors (Lipinski definition) is 2. The lowest BCUT2D eigenvalue weighted by Crippen LogP contribution is -2.13. The number of halogens is 3. The minimum Gasteiger partial charge on any atom is -0.497 e. The molecule has 0 spiro atoms. The number of carbonyl (C=O) groups is 1. The first kappa shape index (κ1) is 19.2. The first-order valence-corrected chi connectivity index (χ1v) is 8.21. The third kappa shape index (κ3) is 4.79. The molecule has 0 aliphatic rings. The molecule has 1 heterocycles. The molecule has 0 aliphatic heterocycles. The van der Waals surface area contributed by atoms with Crippen LogP contribution in [-0.2, 0) is 6.18 Å². The number of alkyl halides is 3. The Bertz CT molecular complexity index is 956. The van der Waals surface area contributed by atoms with Gasteiger partial charge in [0.15, 0.2) is 0 Å². The Balaban J connectivity index is 1.64. The van der Waals surface area contributed by atoms with Gasteiger partial charge in [0.1, 0.15) is 11.6 Å². The number of carbonyl (C=O) groups excluding carboxylic acids is 1. The quantitative estimate of drug-likeness (QED) is 0.639. The van der Waals surface area contributed by atoms with Gasteiger partial charge in [0.05, 0.1) is 24.6 Å². The topological polar surface area (TPSA) is 63.2 Å². The van der Waals surface area contributed by atoms with E-state index in [1.54, 1.807) is 19.2 Å². The van der Waals surface area contributed by atoms with Gasteiger partial charge in [-0.1, -0.05) is 6.07 Å². The number of anilines is 3. The summed E-state index contributed by atoms with van der Waals surface area (Å²) in [4.78, 5) is 16.4. The van der Waals surface area contributed by atoms with E-state index in [1.165, 1.54) is 6.20 Å². The van der Waals surface area contributed by atoms with Gasteiger partial charge in [0, 0.05) is 17.3 Å². The Kier molecular flexibility index (Phi) is 5.49. The lowest BCUT2D eigenvalue weighted by atomic mass is 10.1. The van der Waals surface area contributed by atoms with E-state index in [9.17, 15) is 18.0 Å². The van der Waals surface area contributed by atoms with Crippen LogP contribution in [0.15, 0.2) is 66.9 Å². The van der Waals surface area contributed by atoms with Gasteiger partial charge in [0.2, 0.25) is 0 Å². The number of nitrogens with zero attached hydrogens (tertiary/aromatic N) is 1. The maximum absolute atomic E-state index is 12.6. The molecule has 0 aliphatic carbocycles. The van der Waals surface area contributed by atoms with Gasteiger partial charge in [-0.05, 0) is 48.5 Å². The zero-order valence-electron chi connectivity index (χ0n) is 14.7. The van der Waals surface area contributed by atoms with E-state index in [1.807, 2.05) is 24.3 Å². The van der Waals surface area contributed by atoms with Crippen molar-refractivity contribution in [3.05, 3.63) is 78.0 Å². The largest absolute Gasteiger partial charge is 0.497 e. The highest BCUT2D eigenvalue weighted by Crippen LogP contribution is 2.29. The van der Waals surface area contributed by atoms with Crippen molar-refractivity contribution in [2.45, 2.75) is 6.18 Å². The maximum Gasteiger partial charge on any atom is 0.416 e. The van der Waals surface area contributed by atoms with Crippen molar-refractivity contribution in [3.63, 3.8) is 0 Å². The molecule has 1 amide bonds. The third-order valence-corrected chi connectivity index (χ3v) is 3.84. The van der Waals surface area contributed by atoms with Gasteiger partial charge >= 0.3 is 6.18 Å². The van der Waals surface area contributed by atoms with Crippen molar-refractivity contribution in [1.82, 2.24) is 4.98 Å². The van der Waals surface area contributed by atoms with Gasteiger partial charge in [-0.15, -0.1) is 0 Å². The number of methoxy groups -OCH3 is 1. The molecule has 0 saturated carbocycles. The van der Waals surface area contributed by atoms with Crippen molar-refractivity contribution >= 4 is 23.1 Å². The first-order valence-electron chi connectivity index (χ1n) is 8.21. The molecule has 0 bridgehead atoms. The Morgan fingerprint density at radius 3 is 2.36 bits per heavy atom. The predicted molar refractivity (Wildman–Crippen MR) is 99.9 cm³/mol. The van der Waals surface area contributed by atoms with Gasteiger partial charge in [-0.3, -0.25) is 4.79 Å². The van der Waals surface area contributed by atoms with Crippen molar-refractivity contribution in [2.24, 2.45) is 0 Å². The van der Waals surface area contributed by atoms with E-state index in [2.05, 4.69) is 15.6 Å². The summed E-state index contributed by atoms with van der Waals surface area (Å²) in [5.41, 5.74) is 0.514. The van der Waals surface area contributed by atoms with Gasteiger partial charge in [-0.25, -0.2) is 4.98 Å². The maximum atomic E-state index is 12.6. The molecule has 0 fully saturated rings. The van der Waals surface area contributed by atoms with E-state index in [4.69, 9.17) is 4.74 Å². The summed E-state index contributed by atoms with van der Waals surface area (Å²) in [5, 5.41) is 5.70. The lowest BCUT2D eigenvalue weighted by molar-refractivity contribution is -0.137. The number of pyridine rings is 1. The van der Waals surface area contributed by atoms with Crippen LogP contribution >= 0.6 is 0 Å². The monoisotopic (exact) mass is 387 g/mol. The zero-order valence-corrected chi connectivity index (χ0v) is 14.7. The van der Waals surface area contributed by atoms with Crippen LogP contribution in [0.4, 0.5) is 30.4 Å². The molecular weight excluding hydrogens is 371 g/mol. The summed E-state index contributed by atoms with van der Waals surface area (Å²) in [6.07, 6.45) is -2.99. The van der Waals surface area contributed by atoms with Crippen LogP contribution in [0.3, 0.4) is 0 Å². The minimum atomic E-state index is -4.44. The summed E-state index contributed by atoms with van der Waals surface area (Å²) < 4.78 is 42.9.